The molecule has 17 heavy (non-hydrogen) atoms. The lowest BCUT2D eigenvalue weighted by atomic mass is 9.99. The van der Waals surface area contributed by atoms with E-state index in [0.717, 1.165) is 12.8 Å². The number of nitrogens with two attached hydrogens (primary N) is 1. The van der Waals surface area contributed by atoms with Crippen molar-refractivity contribution in [2.75, 3.05) is 11.1 Å². The van der Waals surface area contributed by atoms with E-state index in [9.17, 15) is 10.1 Å². The molecule has 1 aromatic rings. The third-order valence-electron chi connectivity index (χ3n) is 2.44. The van der Waals surface area contributed by atoms with Gasteiger partial charge < -0.3 is 11.1 Å². The fourth-order valence-electron chi connectivity index (χ4n) is 1.73. The van der Waals surface area contributed by atoms with Gasteiger partial charge in [-0.15, -0.1) is 0 Å². The van der Waals surface area contributed by atoms with Crippen LogP contribution in [-0.2, 0) is 0 Å². The largest absolute Gasteiger partial charge is 0.378 e. The molecule has 0 bridgehead atoms. The Morgan fingerprint density at radius 1 is 1.53 bits per heavy atom. The van der Waals surface area contributed by atoms with Crippen molar-refractivity contribution in [2.45, 2.75) is 39.2 Å². The van der Waals surface area contributed by atoms with Crippen LogP contribution in [0.25, 0.3) is 0 Å². The zero-order valence-corrected chi connectivity index (χ0v) is 10.4. The van der Waals surface area contributed by atoms with Crippen LogP contribution in [0.2, 0.25) is 0 Å². The second-order valence-electron chi connectivity index (χ2n) is 4.62. The number of aromatic nitrogens is 1. The summed E-state index contributed by atoms with van der Waals surface area (Å²) < 4.78 is 0. The molecule has 0 spiro atoms. The van der Waals surface area contributed by atoms with Crippen LogP contribution >= 0.6 is 0 Å². The fraction of sp³-hybridized carbons (Fsp3) is 0.545. The molecule has 0 fully saturated rings. The van der Waals surface area contributed by atoms with E-state index in [1.807, 2.05) is 0 Å². The van der Waals surface area contributed by atoms with Crippen LogP contribution in [0, 0.1) is 10.1 Å². The molecule has 6 nitrogen and oxygen atoms in total. The molecule has 0 saturated heterocycles. The predicted molar refractivity (Wildman–Crippen MR) is 67.9 cm³/mol. The number of nitrogens with one attached hydrogen (secondary N) is 1. The number of nitrogens with zero attached hydrogens (tertiary/aromatic N) is 2. The number of nitro groups is 1. The molecule has 6 heteroatoms. The van der Waals surface area contributed by atoms with E-state index in [0.29, 0.717) is 5.82 Å². The Balaban J connectivity index is 2.88. The summed E-state index contributed by atoms with van der Waals surface area (Å²) in [6.45, 7) is 6.20. The highest BCUT2D eigenvalue weighted by atomic mass is 16.6. The number of rotatable bonds is 5. The molecule has 3 N–H and O–H groups in total. The predicted octanol–water partition coefficient (Wildman–Crippen LogP) is 2.56. The summed E-state index contributed by atoms with van der Waals surface area (Å²) in [6.07, 6.45) is 2.02. The third kappa shape index (κ3) is 3.58. The minimum Gasteiger partial charge on any atom is -0.378 e. The molecule has 0 radical (unpaired) electrons. The molecule has 0 amide bonds. The lowest BCUT2D eigenvalue weighted by Gasteiger charge is -2.26. The number of nitrogen functional groups attached to an aromatic ring is 1. The van der Waals surface area contributed by atoms with Gasteiger partial charge in [-0.1, -0.05) is 13.3 Å². The van der Waals surface area contributed by atoms with E-state index in [2.05, 4.69) is 31.1 Å². The topological polar surface area (TPSA) is 94.1 Å². The van der Waals surface area contributed by atoms with Crippen LogP contribution in [0.3, 0.4) is 0 Å². The molecule has 0 aliphatic carbocycles. The Morgan fingerprint density at radius 3 is 2.65 bits per heavy atom. The molecule has 0 aromatic carbocycles. The van der Waals surface area contributed by atoms with Gasteiger partial charge in [0.2, 0.25) is 5.82 Å². The summed E-state index contributed by atoms with van der Waals surface area (Å²) in [6, 6.07) is 2.94. The molecule has 0 aliphatic rings. The van der Waals surface area contributed by atoms with E-state index < -0.39 is 4.92 Å². The number of pyridine rings is 1. The minimum absolute atomic E-state index is 0.0627. The smallest absolute Gasteiger partial charge is 0.311 e. The highest BCUT2D eigenvalue weighted by Gasteiger charge is 2.18. The number of anilines is 2. The zero-order valence-electron chi connectivity index (χ0n) is 10.4. The zero-order chi connectivity index (χ0) is 13.1. The molecule has 94 valence electrons. The highest BCUT2D eigenvalue weighted by molar-refractivity contribution is 5.57. The molecule has 0 unspecified atom stereocenters. The van der Waals surface area contributed by atoms with Gasteiger partial charge in [-0.3, -0.25) is 10.1 Å². The van der Waals surface area contributed by atoms with Gasteiger partial charge in [-0.05, 0) is 26.3 Å². The first-order valence-corrected chi connectivity index (χ1v) is 5.55. The van der Waals surface area contributed by atoms with Gasteiger partial charge in [0.1, 0.15) is 5.82 Å². The second-order valence-corrected chi connectivity index (χ2v) is 4.62. The second kappa shape index (κ2) is 4.99. The maximum Gasteiger partial charge on any atom is 0.311 e. The van der Waals surface area contributed by atoms with Gasteiger partial charge >= 0.3 is 5.69 Å². The molecule has 0 saturated carbocycles. The van der Waals surface area contributed by atoms with Crippen LogP contribution in [0.4, 0.5) is 17.3 Å². The summed E-state index contributed by atoms with van der Waals surface area (Å²) >= 11 is 0. The van der Waals surface area contributed by atoms with Crippen LogP contribution < -0.4 is 11.1 Å². The molecule has 0 aliphatic heterocycles. The Kier molecular flexibility index (Phi) is 3.88. The first-order chi connectivity index (χ1) is 7.85. The van der Waals surface area contributed by atoms with Crippen LogP contribution in [0.5, 0.6) is 0 Å². The van der Waals surface area contributed by atoms with Crippen molar-refractivity contribution in [3.05, 3.63) is 22.2 Å². The van der Waals surface area contributed by atoms with Crippen molar-refractivity contribution < 1.29 is 4.92 Å². The summed E-state index contributed by atoms with van der Waals surface area (Å²) in [5.74, 6) is 0.499. The summed E-state index contributed by atoms with van der Waals surface area (Å²) in [4.78, 5) is 14.0. The van der Waals surface area contributed by atoms with Crippen molar-refractivity contribution in [3.63, 3.8) is 0 Å². The van der Waals surface area contributed by atoms with Crippen LogP contribution in [0.15, 0.2) is 12.1 Å². The first kappa shape index (κ1) is 13.2. The number of hydrogen-bond donors (Lipinski definition) is 2. The fourth-order valence-corrected chi connectivity index (χ4v) is 1.73. The van der Waals surface area contributed by atoms with Crippen molar-refractivity contribution in [1.82, 2.24) is 4.98 Å². The lowest BCUT2D eigenvalue weighted by molar-refractivity contribution is -0.384. The van der Waals surface area contributed by atoms with E-state index >= 15 is 0 Å². The van der Waals surface area contributed by atoms with Crippen molar-refractivity contribution in [1.29, 1.82) is 0 Å². The Morgan fingerprint density at radius 2 is 2.18 bits per heavy atom. The van der Waals surface area contributed by atoms with E-state index in [1.54, 1.807) is 6.07 Å². The molecule has 1 rings (SSSR count). The Labute approximate surface area is 100 Å². The molecular formula is C11H18N4O2. The average Bonchev–Trinajstić information content (AvgIpc) is 2.15. The van der Waals surface area contributed by atoms with Gasteiger partial charge in [0.15, 0.2) is 0 Å². The van der Waals surface area contributed by atoms with Gasteiger partial charge in [0.05, 0.1) is 4.92 Å². The van der Waals surface area contributed by atoms with Crippen LogP contribution in [0.1, 0.15) is 33.6 Å². The quantitative estimate of drug-likeness (QED) is 0.607. The van der Waals surface area contributed by atoms with E-state index in [4.69, 9.17) is 5.73 Å². The van der Waals surface area contributed by atoms with Crippen molar-refractivity contribution >= 4 is 17.3 Å². The Hall–Kier alpha value is -1.85. The summed E-state index contributed by atoms with van der Waals surface area (Å²) in [5.41, 5.74) is 5.25. The highest BCUT2D eigenvalue weighted by Crippen LogP contribution is 2.23. The first-order valence-electron chi connectivity index (χ1n) is 5.55. The van der Waals surface area contributed by atoms with Crippen molar-refractivity contribution in [2.24, 2.45) is 0 Å². The van der Waals surface area contributed by atoms with Gasteiger partial charge in [-0.2, -0.15) is 0 Å². The molecule has 1 heterocycles. The normalized spacial score (nSPS) is 11.2. The Bertz CT molecular complexity index is 418. The molecular weight excluding hydrogens is 220 g/mol. The minimum atomic E-state index is -0.538. The van der Waals surface area contributed by atoms with Gasteiger partial charge in [-0.25, -0.2) is 4.98 Å². The van der Waals surface area contributed by atoms with E-state index in [1.165, 1.54) is 6.07 Å². The maximum absolute atomic E-state index is 10.6. The van der Waals surface area contributed by atoms with Crippen LogP contribution in [-0.4, -0.2) is 15.4 Å². The monoisotopic (exact) mass is 238 g/mol. The third-order valence-corrected chi connectivity index (χ3v) is 2.44. The standard InChI is InChI=1S/C11H18N4O2/c1-4-7-11(2,3)14-9-6-5-8(15(16)17)10(12)13-9/h5-6H,4,7H2,1-3H3,(H3,12,13,14). The lowest BCUT2D eigenvalue weighted by Crippen LogP contribution is -2.31. The van der Waals surface area contributed by atoms with Gasteiger partial charge in [0.25, 0.3) is 0 Å². The summed E-state index contributed by atoms with van der Waals surface area (Å²) in [7, 11) is 0. The maximum atomic E-state index is 10.6. The molecule has 1 aromatic heterocycles. The average molecular weight is 238 g/mol. The SMILES string of the molecule is CCCC(C)(C)Nc1ccc([N+](=O)[O-])c(N)n1. The molecule has 0 atom stereocenters. The number of hydrogen-bond acceptors (Lipinski definition) is 5. The van der Waals surface area contributed by atoms with Crippen molar-refractivity contribution in [3.8, 4) is 0 Å². The van der Waals surface area contributed by atoms with Gasteiger partial charge in [0, 0.05) is 11.6 Å². The summed E-state index contributed by atoms with van der Waals surface area (Å²) in [5, 5.41) is 13.8. The van der Waals surface area contributed by atoms with E-state index in [-0.39, 0.29) is 17.0 Å².